The molecule has 2 aromatic heterocycles. The van der Waals surface area contributed by atoms with E-state index in [0.717, 1.165) is 31.4 Å². The number of hydrogen-bond donors (Lipinski definition) is 1. The van der Waals surface area contributed by atoms with Crippen molar-refractivity contribution in [1.29, 1.82) is 0 Å². The Bertz CT molecular complexity index is 1490. The number of hydrogen-bond acceptors (Lipinski definition) is 8. The minimum atomic E-state index is -4.59. The maximum Gasteiger partial charge on any atom is 0.418 e. The number of alkyl halides is 4. The predicted molar refractivity (Wildman–Crippen MR) is 162 cm³/mol. The molecule has 0 unspecified atom stereocenters. The number of rotatable bonds is 7. The molecule has 2 aromatic rings. The number of carbonyl (C=O) groups is 1. The number of nitrogens with zero attached hydrogens (tertiary/aromatic N) is 6. The molecule has 2 N–H and O–H groups in total. The maximum atomic E-state index is 14.4. The highest BCUT2D eigenvalue weighted by Crippen LogP contribution is 2.46. The molecular formula is C32H41F4N7O2. The fourth-order valence-corrected chi connectivity index (χ4v) is 8.04. The van der Waals surface area contributed by atoms with Gasteiger partial charge in [-0.05, 0) is 69.2 Å². The number of anilines is 2. The number of halogens is 4. The molecule has 5 heterocycles. The molecule has 45 heavy (non-hydrogen) atoms. The summed E-state index contributed by atoms with van der Waals surface area (Å²) in [6.07, 6.45) is -0.680. The fourth-order valence-electron chi connectivity index (χ4n) is 8.04. The van der Waals surface area contributed by atoms with Crippen LogP contribution in [0.3, 0.4) is 0 Å². The zero-order chi connectivity index (χ0) is 32.3. The van der Waals surface area contributed by atoms with Crippen LogP contribution in [0.15, 0.2) is 18.7 Å². The van der Waals surface area contributed by atoms with Gasteiger partial charge in [0.1, 0.15) is 24.4 Å². The standard InChI is InChI=1S/C32H41F4N7O2/c1-5-26(44)42-10-7-21(16-42)41(4)29-23-11-18(2)22(28-27(32(34,35)36)19(3)12-25(37)39-28)13-24(23)38-30(40-29)45-17-31-8-6-9-43(31)15-20(33)14-31/h5,12,18,20-22H,1,6-11,13-17H2,2-4H3,(H2,37,39)/t18-,20-,21-,22-,31+/m1/s1. The lowest BCUT2D eigenvalue weighted by Crippen LogP contribution is -2.43. The van der Waals surface area contributed by atoms with E-state index in [4.69, 9.17) is 20.4 Å². The van der Waals surface area contributed by atoms with Gasteiger partial charge in [-0.25, -0.2) is 9.37 Å². The van der Waals surface area contributed by atoms with Crippen LogP contribution in [0.25, 0.3) is 0 Å². The minimum absolute atomic E-state index is 0.0325. The largest absolute Gasteiger partial charge is 0.461 e. The molecule has 0 spiro atoms. The molecule has 0 aromatic carbocycles. The Morgan fingerprint density at radius 2 is 2.02 bits per heavy atom. The SMILES string of the molecule is C=CC(=O)N1CC[C@@H](N(C)c2nc(OC[C@@]34CCCN3C[C@H](F)C4)nc3c2C[C@@H](C)[C@H](c2nc(N)cc(C)c2C(F)(F)F)C3)C1. The molecule has 0 radical (unpaired) electrons. The van der Waals surface area contributed by atoms with E-state index in [1.165, 1.54) is 19.1 Å². The van der Waals surface area contributed by atoms with Crippen LogP contribution in [0, 0.1) is 12.8 Å². The number of likely N-dealkylation sites (tertiary alicyclic amines) is 1. The number of amides is 1. The Morgan fingerprint density at radius 1 is 1.24 bits per heavy atom. The van der Waals surface area contributed by atoms with E-state index < -0.39 is 29.4 Å². The molecule has 244 valence electrons. The van der Waals surface area contributed by atoms with E-state index >= 15 is 0 Å². The summed E-state index contributed by atoms with van der Waals surface area (Å²) < 4.78 is 63.7. The van der Waals surface area contributed by atoms with E-state index in [2.05, 4.69) is 16.5 Å². The maximum absolute atomic E-state index is 14.4. The molecular weight excluding hydrogens is 590 g/mol. The van der Waals surface area contributed by atoms with Gasteiger partial charge in [-0.2, -0.15) is 23.1 Å². The molecule has 5 atom stereocenters. The summed E-state index contributed by atoms with van der Waals surface area (Å²) in [5, 5.41) is 0. The zero-order valence-electron chi connectivity index (χ0n) is 26.0. The summed E-state index contributed by atoms with van der Waals surface area (Å²) in [6, 6.07) is 1.35. The predicted octanol–water partition coefficient (Wildman–Crippen LogP) is 4.48. The van der Waals surface area contributed by atoms with E-state index in [0.29, 0.717) is 44.0 Å². The van der Waals surface area contributed by atoms with Crippen molar-refractivity contribution >= 4 is 17.5 Å². The second-order valence-electron chi connectivity index (χ2n) is 13.3. The summed E-state index contributed by atoms with van der Waals surface area (Å²) in [5.41, 5.74) is 6.24. The summed E-state index contributed by atoms with van der Waals surface area (Å²) in [7, 11) is 1.92. The third-order valence-corrected chi connectivity index (χ3v) is 10.3. The second-order valence-corrected chi connectivity index (χ2v) is 13.3. The van der Waals surface area contributed by atoms with Crippen molar-refractivity contribution in [2.75, 3.05) is 50.5 Å². The number of ether oxygens (including phenoxy) is 1. The molecule has 0 bridgehead atoms. The van der Waals surface area contributed by atoms with Gasteiger partial charge < -0.3 is 20.3 Å². The Kier molecular flexibility index (Phi) is 8.20. The zero-order valence-corrected chi connectivity index (χ0v) is 26.0. The van der Waals surface area contributed by atoms with Crippen LogP contribution in [0.5, 0.6) is 6.01 Å². The van der Waals surface area contributed by atoms with Crippen molar-refractivity contribution in [1.82, 2.24) is 24.8 Å². The van der Waals surface area contributed by atoms with Crippen LogP contribution >= 0.6 is 0 Å². The van der Waals surface area contributed by atoms with Gasteiger partial charge in [-0.15, -0.1) is 0 Å². The van der Waals surface area contributed by atoms with Crippen molar-refractivity contribution in [2.45, 2.75) is 82.2 Å². The number of carbonyl (C=O) groups excluding carboxylic acids is 1. The third kappa shape index (κ3) is 5.83. The van der Waals surface area contributed by atoms with Crippen LogP contribution in [0.1, 0.15) is 66.6 Å². The second kappa shape index (κ2) is 11.7. The average Bonchev–Trinajstić information content (AvgIpc) is 3.68. The third-order valence-electron chi connectivity index (χ3n) is 10.3. The molecule has 1 amide bonds. The van der Waals surface area contributed by atoms with Gasteiger partial charge in [0.05, 0.1) is 22.5 Å². The summed E-state index contributed by atoms with van der Waals surface area (Å²) in [6.45, 7) is 9.44. The summed E-state index contributed by atoms with van der Waals surface area (Å²) in [5.74, 6) is -0.256. The van der Waals surface area contributed by atoms with Gasteiger partial charge in [-0.1, -0.05) is 13.5 Å². The van der Waals surface area contributed by atoms with Crippen molar-refractivity contribution in [3.05, 3.63) is 46.8 Å². The summed E-state index contributed by atoms with van der Waals surface area (Å²) >= 11 is 0. The lowest BCUT2D eigenvalue weighted by atomic mass is 9.75. The van der Waals surface area contributed by atoms with Gasteiger partial charge in [0.15, 0.2) is 0 Å². The van der Waals surface area contributed by atoms with Crippen LogP contribution in [-0.4, -0.2) is 88.2 Å². The number of aryl methyl sites for hydroxylation is 1. The van der Waals surface area contributed by atoms with E-state index in [9.17, 15) is 22.4 Å². The smallest absolute Gasteiger partial charge is 0.418 e. The fraction of sp³-hybridized carbons (Fsp3) is 0.625. The van der Waals surface area contributed by atoms with Crippen LogP contribution in [0.4, 0.5) is 29.2 Å². The number of likely N-dealkylation sites (N-methyl/N-ethyl adjacent to an activating group) is 1. The summed E-state index contributed by atoms with van der Waals surface area (Å²) in [4.78, 5) is 32.1. The van der Waals surface area contributed by atoms with E-state index in [-0.39, 0.29) is 54.0 Å². The van der Waals surface area contributed by atoms with Crippen molar-refractivity contribution < 1.29 is 27.1 Å². The van der Waals surface area contributed by atoms with Crippen LogP contribution < -0.4 is 15.4 Å². The van der Waals surface area contributed by atoms with Gasteiger partial charge in [0, 0.05) is 50.6 Å². The quantitative estimate of drug-likeness (QED) is 0.353. The number of pyridine rings is 1. The van der Waals surface area contributed by atoms with Crippen LogP contribution in [0.2, 0.25) is 0 Å². The molecule has 4 aliphatic rings. The molecule has 0 saturated carbocycles. The van der Waals surface area contributed by atoms with Crippen molar-refractivity contribution in [3.63, 3.8) is 0 Å². The molecule has 3 fully saturated rings. The molecule has 6 rings (SSSR count). The number of nitrogen functional groups attached to an aromatic ring is 1. The lowest BCUT2D eigenvalue weighted by molar-refractivity contribution is -0.139. The molecule has 3 aliphatic heterocycles. The van der Waals surface area contributed by atoms with Gasteiger partial charge in [-0.3, -0.25) is 9.69 Å². The first-order chi connectivity index (χ1) is 21.3. The number of fused-ring (bicyclic) bond motifs is 2. The highest BCUT2D eigenvalue weighted by Gasteiger charge is 2.49. The number of nitrogens with two attached hydrogens (primary N) is 1. The monoisotopic (exact) mass is 631 g/mol. The Morgan fingerprint density at radius 3 is 2.76 bits per heavy atom. The lowest BCUT2D eigenvalue weighted by Gasteiger charge is -2.36. The molecule has 1 aliphatic carbocycles. The first-order valence-corrected chi connectivity index (χ1v) is 15.7. The first-order valence-electron chi connectivity index (χ1n) is 15.7. The van der Waals surface area contributed by atoms with Gasteiger partial charge >= 0.3 is 12.2 Å². The van der Waals surface area contributed by atoms with Crippen molar-refractivity contribution in [3.8, 4) is 6.01 Å². The normalized spacial score (nSPS) is 28.2. The first kappa shape index (κ1) is 31.5. The Balaban J connectivity index is 1.37. The minimum Gasteiger partial charge on any atom is -0.461 e. The molecule has 9 nitrogen and oxygen atoms in total. The molecule has 3 saturated heterocycles. The van der Waals surface area contributed by atoms with E-state index in [1.807, 2.05) is 18.9 Å². The topological polar surface area (TPSA) is 101 Å². The number of aromatic nitrogens is 3. The van der Waals surface area contributed by atoms with Gasteiger partial charge in [0.25, 0.3) is 0 Å². The highest BCUT2D eigenvalue weighted by molar-refractivity contribution is 5.87. The highest BCUT2D eigenvalue weighted by atomic mass is 19.4. The van der Waals surface area contributed by atoms with Crippen molar-refractivity contribution in [2.24, 2.45) is 5.92 Å². The van der Waals surface area contributed by atoms with Crippen LogP contribution in [-0.2, 0) is 23.8 Å². The Labute approximate surface area is 260 Å². The molecule has 13 heteroatoms. The van der Waals surface area contributed by atoms with E-state index in [1.54, 1.807) is 4.90 Å². The average molecular weight is 632 g/mol. The van der Waals surface area contributed by atoms with Gasteiger partial charge in [0.2, 0.25) is 5.91 Å². The Hall–Kier alpha value is -3.48.